The molecule has 1 fully saturated rings. The van der Waals surface area contributed by atoms with Crippen LogP contribution in [0.5, 0.6) is 0 Å². The van der Waals surface area contributed by atoms with Crippen LogP contribution in [-0.2, 0) is 0 Å². The molecule has 0 bridgehead atoms. The van der Waals surface area contributed by atoms with Gasteiger partial charge in [0, 0.05) is 31.3 Å². The van der Waals surface area contributed by atoms with Gasteiger partial charge in [-0.1, -0.05) is 6.92 Å². The number of aromatic nitrogens is 4. The summed E-state index contributed by atoms with van der Waals surface area (Å²) in [5.41, 5.74) is 0.433. The molecular formula is C23H21F3N6O2. The number of anilines is 1. The lowest BCUT2D eigenvalue weighted by molar-refractivity contribution is 0.0534. The number of hydrogen-bond donors (Lipinski definition) is 1. The van der Waals surface area contributed by atoms with Gasteiger partial charge in [0.05, 0.1) is 18.4 Å². The van der Waals surface area contributed by atoms with Gasteiger partial charge in [-0.3, -0.25) is 4.79 Å². The van der Waals surface area contributed by atoms with Crippen molar-refractivity contribution in [1.29, 1.82) is 0 Å². The molecule has 0 saturated carbocycles. The van der Waals surface area contributed by atoms with Crippen LogP contribution in [0, 0.1) is 23.4 Å². The Labute approximate surface area is 192 Å². The van der Waals surface area contributed by atoms with E-state index in [0.717, 1.165) is 23.7 Å². The summed E-state index contributed by atoms with van der Waals surface area (Å²) < 4.78 is 47.9. The number of rotatable bonds is 5. The molecule has 0 radical (unpaired) electrons. The van der Waals surface area contributed by atoms with E-state index >= 15 is 0 Å². The molecular weight excluding hydrogens is 449 g/mol. The summed E-state index contributed by atoms with van der Waals surface area (Å²) in [7, 11) is 0. The van der Waals surface area contributed by atoms with E-state index in [4.69, 9.17) is 4.42 Å². The van der Waals surface area contributed by atoms with Crippen LogP contribution in [0.25, 0.3) is 16.8 Å². The molecule has 0 unspecified atom stereocenters. The van der Waals surface area contributed by atoms with Gasteiger partial charge in [0.2, 0.25) is 0 Å². The number of carbonyl (C=O) groups is 1. The van der Waals surface area contributed by atoms with E-state index < -0.39 is 23.4 Å². The van der Waals surface area contributed by atoms with Crippen LogP contribution in [0.3, 0.4) is 0 Å². The van der Waals surface area contributed by atoms with Crippen molar-refractivity contribution in [3.8, 4) is 5.69 Å². The van der Waals surface area contributed by atoms with Gasteiger partial charge in [-0.2, -0.15) is 20.0 Å². The normalized spacial score (nSPS) is 18.4. The van der Waals surface area contributed by atoms with Gasteiger partial charge in [-0.05, 0) is 30.9 Å². The van der Waals surface area contributed by atoms with E-state index in [0.29, 0.717) is 23.7 Å². The summed E-state index contributed by atoms with van der Waals surface area (Å²) in [6, 6.07) is 5.64. The molecule has 34 heavy (non-hydrogen) atoms. The molecule has 2 atom stereocenters. The lowest BCUT2D eigenvalue weighted by Crippen LogP contribution is -2.51. The highest BCUT2D eigenvalue weighted by Gasteiger charge is 2.35. The zero-order valence-electron chi connectivity index (χ0n) is 18.2. The van der Waals surface area contributed by atoms with Gasteiger partial charge in [0.1, 0.15) is 34.2 Å². The number of halogens is 3. The largest absolute Gasteiger partial charge is 0.423 e. The fourth-order valence-electron chi connectivity index (χ4n) is 4.39. The SMILES string of the molecule is C[C@@H]1CCCN(C(=O)c2c(F)cc(F)cc2-n2nccn2)[C@@H]1CNc1nc2ccc(F)cc2o1. The first-order chi connectivity index (χ1) is 16.4. The summed E-state index contributed by atoms with van der Waals surface area (Å²) >= 11 is 0. The first-order valence-electron chi connectivity index (χ1n) is 10.9. The molecule has 0 aliphatic carbocycles. The third-order valence-electron chi connectivity index (χ3n) is 6.07. The number of oxazole rings is 1. The third-order valence-corrected chi connectivity index (χ3v) is 6.07. The lowest BCUT2D eigenvalue weighted by Gasteiger charge is -2.40. The Hall–Kier alpha value is -3.89. The van der Waals surface area contributed by atoms with E-state index in [1.807, 2.05) is 6.92 Å². The average molecular weight is 470 g/mol. The fraction of sp³-hybridized carbons (Fsp3) is 0.304. The monoisotopic (exact) mass is 470 g/mol. The van der Waals surface area contributed by atoms with Crippen LogP contribution in [-0.4, -0.2) is 49.9 Å². The maximum Gasteiger partial charge on any atom is 0.295 e. The van der Waals surface area contributed by atoms with Crippen LogP contribution in [0.1, 0.15) is 30.1 Å². The number of piperidine rings is 1. The zero-order chi connectivity index (χ0) is 23.8. The molecule has 1 saturated heterocycles. The van der Waals surface area contributed by atoms with E-state index in [9.17, 15) is 18.0 Å². The second kappa shape index (κ2) is 8.81. The van der Waals surface area contributed by atoms with Crippen molar-refractivity contribution >= 4 is 23.0 Å². The highest BCUT2D eigenvalue weighted by Crippen LogP contribution is 2.29. The standard InChI is InChI=1S/C23H21F3N6O2/c1-13-3-2-8-31(19(13)12-27-23-30-17-5-4-14(24)11-20(17)34-23)22(33)21-16(26)9-15(25)10-18(21)32-28-6-7-29-32/h4-7,9-11,13,19H,2-3,8,12H2,1H3,(H,27,30)/t13-,19-/m1/s1. The van der Waals surface area contributed by atoms with E-state index in [2.05, 4.69) is 20.5 Å². The lowest BCUT2D eigenvalue weighted by atomic mass is 9.90. The molecule has 4 aromatic rings. The second-order valence-corrected chi connectivity index (χ2v) is 8.30. The summed E-state index contributed by atoms with van der Waals surface area (Å²) in [4.78, 5) is 20.5. The van der Waals surface area contributed by atoms with Gasteiger partial charge in [0.25, 0.3) is 11.9 Å². The van der Waals surface area contributed by atoms with Crippen LogP contribution >= 0.6 is 0 Å². The van der Waals surface area contributed by atoms with Gasteiger partial charge >= 0.3 is 0 Å². The molecule has 176 valence electrons. The molecule has 3 heterocycles. The van der Waals surface area contributed by atoms with Gasteiger partial charge in [-0.15, -0.1) is 0 Å². The van der Waals surface area contributed by atoms with Gasteiger partial charge in [-0.25, -0.2) is 13.2 Å². The maximum atomic E-state index is 14.9. The van der Waals surface area contributed by atoms with Crippen LogP contribution in [0.2, 0.25) is 0 Å². The summed E-state index contributed by atoms with van der Waals surface area (Å²) in [6.45, 7) is 2.68. The molecule has 1 aliphatic heterocycles. The third kappa shape index (κ3) is 4.09. The van der Waals surface area contributed by atoms with Crippen LogP contribution < -0.4 is 5.32 Å². The van der Waals surface area contributed by atoms with Crippen molar-refractivity contribution < 1.29 is 22.4 Å². The van der Waals surface area contributed by atoms with Crippen molar-refractivity contribution in [1.82, 2.24) is 24.9 Å². The topological polar surface area (TPSA) is 89.1 Å². The van der Waals surface area contributed by atoms with E-state index in [-0.39, 0.29) is 35.8 Å². The Balaban J connectivity index is 1.43. The minimum Gasteiger partial charge on any atom is -0.423 e. The molecule has 8 nitrogen and oxygen atoms in total. The van der Waals surface area contributed by atoms with Crippen LogP contribution in [0.15, 0.2) is 47.1 Å². The van der Waals surface area contributed by atoms with Crippen molar-refractivity contribution in [3.05, 3.63) is 65.7 Å². The van der Waals surface area contributed by atoms with E-state index in [1.54, 1.807) is 4.90 Å². The molecule has 1 aliphatic rings. The molecule has 1 N–H and O–H groups in total. The quantitative estimate of drug-likeness (QED) is 0.471. The Morgan fingerprint density at radius 1 is 1.15 bits per heavy atom. The second-order valence-electron chi connectivity index (χ2n) is 8.30. The number of amides is 1. The predicted molar refractivity (Wildman–Crippen MR) is 117 cm³/mol. The molecule has 2 aromatic carbocycles. The van der Waals surface area contributed by atoms with Crippen molar-refractivity contribution in [2.75, 3.05) is 18.4 Å². The Kier molecular flexibility index (Phi) is 5.68. The Morgan fingerprint density at radius 3 is 2.74 bits per heavy atom. The summed E-state index contributed by atoms with van der Waals surface area (Å²) in [5, 5.41) is 10.9. The number of benzene rings is 2. The molecule has 5 rings (SSSR count). The number of fused-ring (bicyclic) bond motifs is 1. The molecule has 1 amide bonds. The number of hydrogen-bond acceptors (Lipinski definition) is 6. The predicted octanol–water partition coefficient (Wildman–Crippen LogP) is 4.18. The molecule has 11 heteroatoms. The Morgan fingerprint density at radius 2 is 1.94 bits per heavy atom. The fourth-order valence-corrected chi connectivity index (χ4v) is 4.39. The minimum absolute atomic E-state index is 0.0709. The first-order valence-corrected chi connectivity index (χ1v) is 10.9. The van der Waals surface area contributed by atoms with Crippen molar-refractivity contribution in [2.24, 2.45) is 5.92 Å². The smallest absolute Gasteiger partial charge is 0.295 e. The zero-order valence-corrected chi connectivity index (χ0v) is 18.2. The number of likely N-dealkylation sites (tertiary alicyclic amines) is 1. The van der Waals surface area contributed by atoms with Crippen molar-refractivity contribution in [2.45, 2.75) is 25.8 Å². The van der Waals surface area contributed by atoms with Crippen LogP contribution in [0.4, 0.5) is 19.2 Å². The Bertz CT molecular complexity index is 1340. The number of nitrogens with zero attached hydrogens (tertiary/aromatic N) is 5. The average Bonchev–Trinajstić information content (AvgIpc) is 3.47. The maximum absolute atomic E-state index is 14.9. The first kappa shape index (κ1) is 21.9. The highest BCUT2D eigenvalue weighted by atomic mass is 19.1. The summed E-state index contributed by atoms with van der Waals surface area (Å²) in [6.07, 6.45) is 4.33. The van der Waals surface area contributed by atoms with Gasteiger partial charge in [0.15, 0.2) is 5.58 Å². The number of nitrogens with one attached hydrogen (secondary N) is 1. The van der Waals surface area contributed by atoms with Crippen molar-refractivity contribution in [3.63, 3.8) is 0 Å². The highest BCUT2D eigenvalue weighted by molar-refractivity contribution is 5.98. The number of carbonyl (C=O) groups excluding carboxylic acids is 1. The summed E-state index contributed by atoms with van der Waals surface area (Å²) in [5.74, 6) is -2.75. The van der Waals surface area contributed by atoms with E-state index in [1.165, 1.54) is 30.6 Å². The molecule has 0 spiro atoms. The van der Waals surface area contributed by atoms with Gasteiger partial charge < -0.3 is 14.6 Å². The molecule has 2 aromatic heterocycles. The minimum atomic E-state index is -0.983.